The molecule has 116 valence electrons. The Hall–Kier alpha value is -1.51. The summed E-state index contributed by atoms with van der Waals surface area (Å²) in [7, 11) is 0. The zero-order valence-corrected chi connectivity index (χ0v) is 13.2. The molecule has 0 radical (unpaired) electrons. The monoisotopic (exact) mass is 288 g/mol. The van der Waals surface area contributed by atoms with Gasteiger partial charge in [0.05, 0.1) is 0 Å². The first-order valence-electron chi connectivity index (χ1n) is 8.34. The fourth-order valence-electron chi connectivity index (χ4n) is 3.22. The first kappa shape index (κ1) is 15.9. The summed E-state index contributed by atoms with van der Waals surface area (Å²) in [5.74, 6) is 0.563. The molecule has 3 heteroatoms. The lowest BCUT2D eigenvalue weighted by Gasteiger charge is -2.27. The molecule has 1 fully saturated rings. The maximum atomic E-state index is 12.8. The van der Waals surface area contributed by atoms with Crippen LogP contribution in [0.4, 0.5) is 5.69 Å². The Morgan fingerprint density at radius 2 is 1.86 bits per heavy atom. The summed E-state index contributed by atoms with van der Waals surface area (Å²) in [5, 5.41) is 0. The second-order valence-corrected chi connectivity index (χ2v) is 6.14. The molecule has 0 aliphatic heterocycles. The van der Waals surface area contributed by atoms with Crippen LogP contribution in [-0.4, -0.2) is 17.4 Å². The molecule has 2 N–H and O–H groups in total. The number of nitrogens with zero attached hydrogens (tertiary/aromatic N) is 1. The number of hydrogen-bond acceptors (Lipinski definition) is 2. The maximum Gasteiger partial charge on any atom is 0.225 e. The van der Waals surface area contributed by atoms with E-state index in [0.29, 0.717) is 12.5 Å². The van der Waals surface area contributed by atoms with Crippen LogP contribution in [0.5, 0.6) is 0 Å². The summed E-state index contributed by atoms with van der Waals surface area (Å²) in [4.78, 5) is 14.8. The molecule has 0 aromatic heterocycles. The van der Waals surface area contributed by atoms with Crippen LogP contribution in [0.25, 0.3) is 0 Å². The summed E-state index contributed by atoms with van der Waals surface area (Å²) in [5.41, 5.74) is 7.72. The predicted octanol–water partition coefficient (Wildman–Crippen LogP) is 3.98. The second kappa shape index (κ2) is 8.06. The summed E-state index contributed by atoms with van der Waals surface area (Å²) in [6.07, 6.45) is 8.43. The molecule has 1 aromatic rings. The van der Waals surface area contributed by atoms with Gasteiger partial charge in [0.25, 0.3) is 0 Å². The molecule has 0 bridgehead atoms. The molecule has 1 saturated carbocycles. The molecular weight excluding hydrogens is 260 g/mol. The van der Waals surface area contributed by atoms with Crippen LogP contribution >= 0.6 is 0 Å². The molecule has 21 heavy (non-hydrogen) atoms. The average molecular weight is 288 g/mol. The zero-order valence-electron chi connectivity index (χ0n) is 13.2. The van der Waals surface area contributed by atoms with E-state index < -0.39 is 0 Å². The van der Waals surface area contributed by atoms with E-state index >= 15 is 0 Å². The van der Waals surface area contributed by atoms with E-state index in [0.717, 1.165) is 30.6 Å². The molecule has 0 heterocycles. The van der Waals surface area contributed by atoms with E-state index in [1.807, 2.05) is 29.2 Å². The molecule has 1 amide bonds. The third-order valence-corrected chi connectivity index (χ3v) is 4.47. The number of nitrogens with two attached hydrogens (primary N) is 1. The van der Waals surface area contributed by atoms with Crippen LogP contribution in [0.2, 0.25) is 0 Å². The number of carbonyl (C=O) groups excluding carboxylic acids is 1. The van der Waals surface area contributed by atoms with Gasteiger partial charge in [0.15, 0.2) is 0 Å². The number of hydrogen-bond donors (Lipinski definition) is 1. The van der Waals surface area contributed by atoms with Crippen LogP contribution in [0.3, 0.4) is 0 Å². The van der Waals surface area contributed by atoms with Crippen molar-refractivity contribution in [2.45, 2.75) is 58.4 Å². The van der Waals surface area contributed by atoms with Crippen molar-refractivity contribution < 1.29 is 4.79 Å². The van der Waals surface area contributed by atoms with Crippen LogP contribution in [0.15, 0.2) is 24.3 Å². The van der Waals surface area contributed by atoms with Crippen molar-refractivity contribution in [2.75, 3.05) is 12.3 Å². The highest BCUT2D eigenvalue weighted by atomic mass is 16.2. The number of rotatable bonds is 4. The van der Waals surface area contributed by atoms with Crippen LogP contribution in [0, 0.1) is 5.92 Å². The maximum absolute atomic E-state index is 12.8. The van der Waals surface area contributed by atoms with Gasteiger partial charge in [0.1, 0.15) is 0 Å². The molecule has 1 aliphatic rings. The molecule has 0 unspecified atom stereocenters. The van der Waals surface area contributed by atoms with Gasteiger partial charge < -0.3 is 10.6 Å². The molecule has 0 saturated heterocycles. The fraction of sp³-hybridized carbons (Fsp3) is 0.611. The van der Waals surface area contributed by atoms with E-state index in [2.05, 4.69) is 6.92 Å². The van der Waals surface area contributed by atoms with E-state index in [9.17, 15) is 4.79 Å². The smallest absolute Gasteiger partial charge is 0.225 e. The van der Waals surface area contributed by atoms with Crippen molar-refractivity contribution >= 4 is 11.6 Å². The summed E-state index contributed by atoms with van der Waals surface area (Å²) in [6.45, 7) is 3.51. The molecule has 2 rings (SSSR count). The van der Waals surface area contributed by atoms with Gasteiger partial charge in [0.2, 0.25) is 5.91 Å². The topological polar surface area (TPSA) is 46.3 Å². The van der Waals surface area contributed by atoms with Gasteiger partial charge in [-0.2, -0.15) is 0 Å². The minimum absolute atomic E-state index is 0.228. The van der Waals surface area contributed by atoms with Gasteiger partial charge in [-0.3, -0.25) is 4.79 Å². The number of anilines is 1. The minimum Gasteiger partial charge on any atom is -0.399 e. The summed E-state index contributed by atoms with van der Waals surface area (Å²) in [6, 6.07) is 7.85. The van der Waals surface area contributed by atoms with E-state index in [4.69, 9.17) is 5.73 Å². The van der Waals surface area contributed by atoms with Crippen LogP contribution < -0.4 is 5.73 Å². The van der Waals surface area contributed by atoms with Gasteiger partial charge in [-0.15, -0.1) is 0 Å². The lowest BCUT2D eigenvalue weighted by molar-refractivity contribution is -0.136. The van der Waals surface area contributed by atoms with Gasteiger partial charge in [0, 0.05) is 24.7 Å². The van der Waals surface area contributed by atoms with E-state index in [-0.39, 0.29) is 5.92 Å². The van der Waals surface area contributed by atoms with Crippen molar-refractivity contribution in [3.63, 3.8) is 0 Å². The number of nitrogen functional groups attached to an aromatic ring is 1. The van der Waals surface area contributed by atoms with Crippen molar-refractivity contribution in [1.82, 2.24) is 4.90 Å². The van der Waals surface area contributed by atoms with Gasteiger partial charge in [-0.05, 0) is 37.5 Å². The molecule has 0 atom stereocenters. The standard InChI is InChI=1S/C18H28N2O/c1-2-20(14-15-9-8-12-17(19)13-15)18(21)16-10-6-4-3-5-7-11-16/h8-9,12-13,16H,2-7,10-11,14,19H2,1H3. The highest BCUT2D eigenvalue weighted by Crippen LogP contribution is 2.24. The Balaban J connectivity index is 1.99. The van der Waals surface area contributed by atoms with Crippen molar-refractivity contribution in [3.05, 3.63) is 29.8 Å². The molecule has 3 nitrogen and oxygen atoms in total. The zero-order chi connectivity index (χ0) is 15.1. The third kappa shape index (κ3) is 4.76. The summed E-state index contributed by atoms with van der Waals surface area (Å²) >= 11 is 0. The Kier molecular flexibility index (Phi) is 6.09. The molecule has 0 spiro atoms. The van der Waals surface area contributed by atoms with Gasteiger partial charge in [-0.1, -0.05) is 44.2 Å². The number of amides is 1. The van der Waals surface area contributed by atoms with Crippen LogP contribution in [-0.2, 0) is 11.3 Å². The van der Waals surface area contributed by atoms with E-state index in [1.54, 1.807) is 0 Å². The van der Waals surface area contributed by atoms with Gasteiger partial charge in [-0.25, -0.2) is 0 Å². The number of benzene rings is 1. The average Bonchev–Trinajstić information content (AvgIpc) is 2.44. The van der Waals surface area contributed by atoms with Crippen molar-refractivity contribution in [3.8, 4) is 0 Å². The van der Waals surface area contributed by atoms with Crippen LogP contribution in [0.1, 0.15) is 57.4 Å². The SMILES string of the molecule is CCN(Cc1cccc(N)c1)C(=O)C1CCCCCCC1. The second-order valence-electron chi connectivity index (χ2n) is 6.14. The normalized spacial score (nSPS) is 17.0. The highest BCUT2D eigenvalue weighted by molar-refractivity contribution is 5.78. The lowest BCUT2D eigenvalue weighted by Crippen LogP contribution is -2.36. The minimum atomic E-state index is 0.228. The predicted molar refractivity (Wildman–Crippen MR) is 87.8 cm³/mol. The molecule has 1 aliphatic carbocycles. The molecular formula is C18H28N2O. The van der Waals surface area contributed by atoms with Crippen molar-refractivity contribution in [2.24, 2.45) is 5.92 Å². The Labute approximate surface area is 128 Å². The highest BCUT2D eigenvalue weighted by Gasteiger charge is 2.23. The first-order chi connectivity index (χ1) is 10.2. The quantitative estimate of drug-likeness (QED) is 0.852. The Morgan fingerprint density at radius 3 is 2.48 bits per heavy atom. The third-order valence-electron chi connectivity index (χ3n) is 4.47. The lowest BCUT2D eigenvalue weighted by atomic mass is 9.90. The van der Waals surface area contributed by atoms with Crippen molar-refractivity contribution in [1.29, 1.82) is 0 Å². The summed E-state index contributed by atoms with van der Waals surface area (Å²) < 4.78 is 0. The molecule has 1 aromatic carbocycles. The largest absolute Gasteiger partial charge is 0.399 e. The first-order valence-corrected chi connectivity index (χ1v) is 8.34. The van der Waals surface area contributed by atoms with Gasteiger partial charge >= 0.3 is 0 Å². The number of carbonyl (C=O) groups is 1. The Morgan fingerprint density at radius 1 is 1.19 bits per heavy atom. The fourth-order valence-corrected chi connectivity index (χ4v) is 3.22. The van der Waals surface area contributed by atoms with E-state index in [1.165, 1.54) is 32.1 Å². The Bertz CT molecular complexity index is 450.